The molecule has 2 amide bonds. The van der Waals surface area contributed by atoms with Gasteiger partial charge in [0.1, 0.15) is 6.61 Å². The molecule has 2 aliphatic rings. The molecule has 0 aromatic rings. The van der Waals surface area contributed by atoms with Crippen LogP contribution in [-0.2, 0) is 14.3 Å². The fourth-order valence-electron chi connectivity index (χ4n) is 3.75. The van der Waals surface area contributed by atoms with E-state index in [-0.39, 0.29) is 24.5 Å². The highest BCUT2D eigenvalue weighted by Gasteiger charge is 2.29. The third kappa shape index (κ3) is 5.74. The molecule has 2 rings (SSSR count). The predicted octanol–water partition coefficient (Wildman–Crippen LogP) is 1.35. The second-order valence-electron chi connectivity index (χ2n) is 6.89. The van der Waals surface area contributed by atoms with E-state index in [1.54, 1.807) is 6.92 Å². The monoisotopic (exact) mass is 339 g/mol. The van der Waals surface area contributed by atoms with Gasteiger partial charge in [-0.15, -0.1) is 0 Å². The van der Waals surface area contributed by atoms with E-state index in [4.69, 9.17) is 4.74 Å². The number of nitrogens with zero attached hydrogens (tertiary/aromatic N) is 3. The van der Waals surface area contributed by atoms with Crippen molar-refractivity contribution in [2.24, 2.45) is 0 Å². The minimum atomic E-state index is 0.0427. The molecule has 0 aromatic carbocycles. The van der Waals surface area contributed by atoms with E-state index >= 15 is 0 Å². The summed E-state index contributed by atoms with van der Waals surface area (Å²) in [6, 6.07) is 0.145. The van der Waals surface area contributed by atoms with E-state index in [2.05, 4.69) is 4.90 Å². The first-order valence-electron chi connectivity index (χ1n) is 9.47. The van der Waals surface area contributed by atoms with Crippen molar-refractivity contribution in [3.63, 3.8) is 0 Å². The van der Waals surface area contributed by atoms with E-state index < -0.39 is 0 Å². The van der Waals surface area contributed by atoms with Crippen molar-refractivity contribution in [3.05, 3.63) is 0 Å². The van der Waals surface area contributed by atoms with Crippen LogP contribution in [0.3, 0.4) is 0 Å². The second-order valence-corrected chi connectivity index (χ2v) is 6.89. The summed E-state index contributed by atoms with van der Waals surface area (Å²) < 4.78 is 5.24. The Morgan fingerprint density at radius 2 is 1.88 bits per heavy atom. The van der Waals surface area contributed by atoms with Crippen LogP contribution in [0, 0.1) is 0 Å². The van der Waals surface area contributed by atoms with Crippen molar-refractivity contribution in [3.8, 4) is 0 Å². The van der Waals surface area contributed by atoms with Crippen LogP contribution in [0.4, 0.5) is 0 Å². The van der Waals surface area contributed by atoms with Crippen LogP contribution in [0.15, 0.2) is 0 Å². The number of rotatable bonds is 7. The minimum absolute atomic E-state index is 0.0427. The highest BCUT2D eigenvalue weighted by Crippen LogP contribution is 2.17. The van der Waals surface area contributed by atoms with Gasteiger partial charge in [0.25, 0.3) is 0 Å². The molecule has 0 bridgehead atoms. The topological polar surface area (TPSA) is 53.1 Å². The van der Waals surface area contributed by atoms with Crippen LogP contribution in [0.1, 0.15) is 46.0 Å². The zero-order valence-corrected chi connectivity index (χ0v) is 15.3. The molecule has 2 aliphatic heterocycles. The quantitative estimate of drug-likeness (QED) is 0.703. The SMILES string of the molecule is CCOCC(=O)N1CCCC(N(CCN2CCCCC2)C(C)=O)C1. The van der Waals surface area contributed by atoms with Crippen molar-refractivity contribution in [2.75, 3.05) is 52.5 Å². The lowest BCUT2D eigenvalue weighted by atomic mass is 10.0. The Balaban J connectivity index is 1.86. The molecule has 0 aliphatic carbocycles. The fraction of sp³-hybridized carbons (Fsp3) is 0.889. The maximum absolute atomic E-state index is 12.2. The molecule has 2 saturated heterocycles. The molecule has 0 saturated carbocycles. The summed E-state index contributed by atoms with van der Waals surface area (Å²) in [6.07, 6.45) is 5.80. The molecule has 0 radical (unpaired) electrons. The second kappa shape index (κ2) is 9.99. The normalized spacial score (nSPS) is 22.4. The molecular formula is C18H33N3O3. The van der Waals surface area contributed by atoms with Gasteiger partial charge in [-0.2, -0.15) is 0 Å². The first kappa shape index (κ1) is 19.2. The fourth-order valence-corrected chi connectivity index (χ4v) is 3.75. The van der Waals surface area contributed by atoms with Gasteiger partial charge in [-0.3, -0.25) is 9.59 Å². The molecule has 0 spiro atoms. The van der Waals surface area contributed by atoms with Gasteiger partial charge in [0.05, 0.1) is 0 Å². The number of hydrogen-bond donors (Lipinski definition) is 0. The van der Waals surface area contributed by atoms with Gasteiger partial charge in [-0.1, -0.05) is 6.42 Å². The standard InChI is InChI=1S/C18H33N3O3/c1-3-24-15-18(23)20-11-7-8-17(14-20)21(16(2)22)13-12-19-9-5-4-6-10-19/h17H,3-15H2,1-2H3. The number of likely N-dealkylation sites (tertiary alicyclic amines) is 2. The molecule has 2 fully saturated rings. The Kier molecular flexibility index (Phi) is 7.99. The molecule has 6 nitrogen and oxygen atoms in total. The highest BCUT2D eigenvalue weighted by atomic mass is 16.5. The Bertz CT molecular complexity index is 410. The van der Waals surface area contributed by atoms with Crippen LogP contribution in [0.25, 0.3) is 0 Å². The average Bonchev–Trinajstić information content (AvgIpc) is 2.60. The molecular weight excluding hydrogens is 306 g/mol. The van der Waals surface area contributed by atoms with Crippen LogP contribution >= 0.6 is 0 Å². The number of amides is 2. The van der Waals surface area contributed by atoms with Gasteiger partial charge in [0, 0.05) is 45.8 Å². The van der Waals surface area contributed by atoms with Gasteiger partial charge < -0.3 is 19.4 Å². The number of hydrogen-bond acceptors (Lipinski definition) is 4. The number of carbonyl (C=O) groups excluding carboxylic acids is 2. The molecule has 138 valence electrons. The lowest BCUT2D eigenvalue weighted by Gasteiger charge is -2.40. The van der Waals surface area contributed by atoms with E-state index in [1.165, 1.54) is 19.3 Å². The van der Waals surface area contributed by atoms with Crippen LogP contribution in [-0.4, -0.2) is 85.0 Å². The third-order valence-electron chi connectivity index (χ3n) is 5.13. The van der Waals surface area contributed by atoms with Crippen molar-refractivity contribution in [2.45, 2.75) is 52.0 Å². The lowest BCUT2D eigenvalue weighted by molar-refractivity contribution is -0.141. The van der Waals surface area contributed by atoms with Crippen molar-refractivity contribution in [1.82, 2.24) is 14.7 Å². The third-order valence-corrected chi connectivity index (χ3v) is 5.13. The predicted molar refractivity (Wildman–Crippen MR) is 93.8 cm³/mol. The Morgan fingerprint density at radius 1 is 1.12 bits per heavy atom. The minimum Gasteiger partial charge on any atom is -0.372 e. The molecule has 0 N–H and O–H groups in total. The number of piperidine rings is 2. The first-order chi connectivity index (χ1) is 11.6. The van der Waals surface area contributed by atoms with E-state index in [0.29, 0.717) is 13.2 Å². The molecule has 1 atom stereocenters. The average molecular weight is 339 g/mol. The highest BCUT2D eigenvalue weighted by molar-refractivity contribution is 5.78. The smallest absolute Gasteiger partial charge is 0.248 e. The van der Waals surface area contributed by atoms with Gasteiger partial charge >= 0.3 is 0 Å². The van der Waals surface area contributed by atoms with Gasteiger partial charge in [0.15, 0.2) is 0 Å². The van der Waals surface area contributed by atoms with Gasteiger partial charge in [-0.25, -0.2) is 0 Å². The zero-order chi connectivity index (χ0) is 17.4. The summed E-state index contributed by atoms with van der Waals surface area (Å²) in [4.78, 5) is 30.6. The van der Waals surface area contributed by atoms with Gasteiger partial charge in [0.2, 0.25) is 11.8 Å². The summed E-state index contributed by atoms with van der Waals surface area (Å²) in [6.45, 7) is 9.68. The Morgan fingerprint density at radius 3 is 2.54 bits per heavy atom. The van der Waals surface area contributed by atoms with Crippen molar-refractivity contribution >= 4 is 11.8 Å². The van der Waals surface area contributed by atoms with Crippen molar-refractivity contribution < 1.29 is 14.3 Å². The maximum Gasteiger partial charge on any atom is 0.248 e. The summed E-state index contributed by atoms with van der Waals surface area (Å²) in [5.74, 6) is 0.164. The Hall–Kier alpha value is -1.14. The largest absolute Gasteiger partial charge is 0.372 e. The summed E-state index contributed by atoms with van der Waals surface area (Å²) in [5.41, 5.74) is 0. The van der Waals surface area contributed by atoms with E-state index in [9.17, 15) is 9.59 Å². The van der Waals surface area contributed by atoms with Crippen molar-refractivity contribution in [1.29, 1.82) is 0 Å². The lowest BCUT2D eigenvalue weighted by Crippen LogP contribution is -2.53. The number of carbonyl (C=O) groups is 2. The summed E-state index contributed by atoms with van der Waals surface area (Å²) in [5, 5.41) is 0. The molecule has 1 unspecified atom stereocenters. The van der Waals surface area contributed by atoms with Crippen LogP contribution < -0.4 is 0 Å². The summed E-state index contributed by atoms with van der Waals surface area (Å²) >= 11 is 0. The number of ether oxygens (including phenoxy) is 1. The van der Waals surface area contributed by atoms with Gasteiger partial charge in [-0.05, 0) is 45.7 Å². The molecule has 24 heavy (non-hydrogen) atoms. The first-order valence-corrected chi connectivity index (χ1v) is 9.47. The molecule has 2 heterocycles. The summed E-state index contributed by atoms with van der Waals surface area (Å²) in [7, 11) is 0. The van der Waals surface area contributed by atoms with E-state index in [1.807, 2.05) is 16.7 Å². The van der Waals surface area contributed by atoms with Crippen LogP contribution in [0.2, 0.25) is 0 Å². The maximum atomic E-state index is 12.2. The Labute approximate surface area is 146 Å². The molecule has 0 aromatic heterocycles. The zero-order valence-electron chi connectivity index (χ0n) is 15.3. The molecule has 6 heteroatoms. The van der Waals surface area contributed by atoms with Crippen LogP contribution in [0.5, 0.6) is 0 Å². The van der Waals surface area contributed by atoms with E-state index in [0.717, 1.165) is 45.6 Å².